The van der Waals surface area contributed by atoms with Crippen LogP contribution in [-0.4, -0.2) is 4.98 Å². The summed E-state index contributed by atoms with van der Waals surface area (Å²) >= 11 is 0. The summed E-state index contributed by atoms with van der Waals surface area (Å²) in [6, 6.07) is 10.8. The molecule has 0 bridgehead atoms. The van der Waals surface area contributed by atoms with E-state index in [1.54, 1.807) is 0 Å². The lowest BCUT2D eigenvalue weighted by Crippen LogP contribution is -2.35. The fraction of sp³-hybridized carbons (Fsp3) is 0.471. The highest BCUT2D eigenvalue weighted by atomic mass is 15.2. The van der Waals surface area contributed by atoms with Crippen LogP contribution in [0.15, 0.2) is 36.5 Å². The van der Waals surface area contributed by atoms with Crippen molar-refractivity contribution in [2.45, 2.75) is 38.6 Å². The third kappa shape index (κ3) is 2.69. The van der Waals surface area contributed by atoms with Gasteiger partial charge in [-0.2, -0.15) is 0 Å². The molecule has 1 aromatic heterocycles. The number of hydrazine groups is 1. The maximum atomic E-state index is 5.84. The first-order chi connectivity index (χ1) is 9.78. The van der Waals surface area contributed by atoms with Gasteiger partial charge < -0.3 is 0 Å². The summed E-state index contributed by atoms with van der Waals surface area (Å²) in [5.41, 5.74) is 5.35. The minimum Gasteiger partial charge on any atom is -0.271 e. The van der Waals surface area contributed by atoms with Crippen LogP contribution in [0.4, 0.5) is 0 Å². The second kappa shape index (κ2) is 5.90. The molecule has 3 N–H and O–H groups in total. The fourth-order valence-electron chi connectivity index (χ4n) is 3.40. The van der Waals surface area contributed by atoms with E-state index in [-0.39, 0.29) is 6.04 Å². The lowest BCUT2D eigenvalue weighted by Gasteiger charge is -2.32. The number of nitrogens with two attached hydrogens (primary N) is 1. The van der Waals surface area contributed by atoms with Crippen molar-refractivity contribution in [3.05, 3.63) is 42.1 Å². The number of fused-ring (bicyclic) bond motifs is 1. The third-order valence-corrected chi connectivity index (χ3v) is 4.70. The second-order valence-electron chi connectivity index (χ2n) is 6.12. The molecule has 1 fully saturated rings. The smallest absolute Gasteiger partial charge is 0.0705 e. The van der Waals surface area contributed by atoms with Gasteiger partial charge in [-0.15, -0.1) is 0 Å². The maximum Gasteiger partial charge on any atom is 0.0705 e. The predicted octanol–water partition coefficient (Wildman–Crippen LogP) is 3.57. The highest BCUT2D eigenvalue weighted by Crippen LogP contribution is 2.36. The molecule has 3 heteroatoms. The largest absolute Gasteiger partial charge is 0.271 e. The number of nitrogens with one attached hydrogen (secondary N) is 1. The molecule has 20 heavy (non-hydrogen) atoms. The molecule has 0 saturated heterocycles. The van der Waals surface area contributed by atoms with Crippen LogP contribution in [0, 0.1) is 11.8 Å². The molecular weight excluding hydrogens is 246 g/mol. The van der Waals surface area contributed by atoms with Crippen molar-refractivity contribution >= 4 is 10.9 Å². The van der Waals surface area contributed by atoms with E-state index in [0.29, 0.717) is 5.92 Å². The number of hydrogen-bond donors (Lipinski definition) is 2. The first kappa shape index (κ1) is 13.5. The van der Waals surface area contributed by atoms with E-state index in [1.165, 1.54) is 36.6 Å². The fourth-order valence-corrected chi connectivity index (χ4v) is 3.40. The lowest BCUT2D eigenvalue weighted by atomic mass is 9.77. The Kier molecular flexibility index (Phi) is 3.99. The summed E-state index contributed by atoms with van der Waals surface area (Å²) in [5.74, 6) is 7.34. The third-order valence-electron chi connectivity index (χ3n) is 4.70. The van der Waals surface area contributed by atoms with Crippen molar-refractivity contribution in [3.63, 3.8) is 0 Å². The van der Waals surface area contributed by atoms with E-state index in [9.17, 15) is 0 Å². The summed E-state index contributed by atoms with van der Waals surface area (Å²) in [6.45, 7) is 2.35. The van der Waals surface area contributed by atoms with Gasteiger partial charge in [-0.05, 0) is 42.4 Å². The van der Waals surface area contributed by atoms with Gasteiger partial charge in [-0.1, -0.05) is 38.0 Å². The normalized spacial score (nSPS) is 24.7. The second-order valence-corrected chi connectivity index (χ2v) is 6.12. The standard InChI is InChI=1S/C17H23N3/c1-12-4-6-14(7-5-12)17(20-18)15-9-8-13-3-2-10-19-16(13)11-15/h2-3,8-12,14,17,20H,4-7,18H2,1H3. The zero-order valence-corrected chi connectivity index (χ0v) is 12.0. The van der Waals surface area contributed by atoms with Crippen LogP contribution in [0.5, 0.6) is 0 Å². The molecule has 1 heterocycles. The summed E-state index contributed by atoms with van der Waals surface area (Å²) in [4.78, 5) is 4.45. The zero-order valence-electron chi connectivity index (χ0n) is 12.0. The number of benzene rings is 1. The Bertz CT molecular complexity index is 573. The molecule has 0 radical (unpaired) electrons. The lowest BCUT2D eigenvalue weighted by molar-refractivity contribution is 0.232. The van der Waals surface area contributed by atoms with Gasteiger partial charge in [0.15, 0.2) is 0 Å². The minimum atomic E-state index is 0.244. The van der Waals surface area contributed by atoms with E-state index in [4.69, 9.17) is 5.84 Å². The molecule has 106 valence electrons. The summed E-state index contributed by atoms with van der Waals surface area (Å²) in [5, 5.41) is 1.18. The van der Waals surface area contributed by atoms with Crippen molar-refractivity contribution in [2.75, 3.05) is 0 Å². The summed E-state index contributed by atoms with van der Waals surface area (Å²) in [7, 11) is 0. The van der Waals surface area contributed by atoms with Gasteiger partial charge in [0.2, 0.25) is 0 Å². The molecule has 1 atom stereocenters. The first-order valence-electron chi connectivity index (χ1n) is 7.58. The van der Waals surface area contributed by atoms with Crippen LogP contribution < -0.4 is 11.3 Å². The Morgan fingerprint density at radius 3 is 2.75 bits per heavy atom. The van der Waals surface area contributed by atoms with Crippen molar-refractivity contribution in [1.29, 1.82) is 0 Å². The van der Waals surface area contributed by atoms with E-state index in [2.05, 4.69) is 41.6 Å². The predicted molar refractivity (Wildman–Crippen MR) is 82.9 cm³/mol. The van der Waals surface area contributed by atoms with Gasteiger partial charge in [0.05, 0.1) is 5.52 Å². The van der Waals surface area contributed by atoms with Crippen LogP contribution in [0.1, 0.15) is 44.2 Å². The van der Waals surface area contributed by atoms with Crippen LogP contribution in [0.3, 0.4) is 0 Å². The molecule has 3 nitrogen and oxygen atoms in total. The van der Waals surface area contributed by atoms with Gasteiger partial charge in [-0.25, -0.2) is 0 Å². The summed E-state index contributed by atoms with van der Waals surface area (Å²) in [6.07, 6.45) is 7.00. The molecule has 1 aliphatic rings. The average Bonchev–Trinajstić information content (AvgIpc) is 2.50. The quantitative estimate of drug-likeness (QED) is 0.661. The van der Waals surface area contributed by atoms with Gasteiger partial charge in [0, 0.05) is 17.6 Å². The number of aromatic nitrogens is 1. The van der Waals surface area contributed by atoms with E-state index in [0.717, 1.165) is 11.4 Å². The van der Waals surface area contributed by atoms with Crippen LogP contribution >= 0.6 is 0 Å². The SMILES string of the molecule is CC1CCC(C(NN)c2ccc3cccnc3c2)CC1. The van der Waals surface area contributed by atoms with Gasteiger partial charge >= 0.3 is 0 Å². The van der Waals surface area contributed by atoms with Crippen LogP contribution in [-0.2, 0) is 0 Å². The number of rotatable bonds is 3. The van der Waals surface area contributed by atoms with E-state index in [1.807, 2.05) is 12.3 Å². The number of pyridine rings is 1. The Morgan fingerprint density at radius 1 is 1.20 bits per heavy atom. The molecule has 1 unspecified atom stereocenters. The van der Waals surface area contributed by atoms with E-state index < -0.39 is 0 Å². The number of nitrogens with zero attached hydrogens (tertiary/aromatic N) is 1. The monoisotopic (exact) mass is 269 g/mol. The van der Waals surface area contributed by atoms with Gasteiger partial charge in [0.25, 0.3) is 0 Å². The molecule has 1 aliphatic carbocycles. The molecule has 3 rings (SSSR count). The Hall–Kier alpha value is -1.45. The maximum absolute atomic E-state index is 5.84. The van der Waals surface area contributed by atoms with Crippen molar-refractivity contribution in [2.24, 2.45) is 17.7 Å². The minimum absolute atomic E-state index is 0.244. The highest BCUT2D eigenvalue weighted by molar-refractivity contribution is 5.79. The number of hydrogen-bond acceptors (Lipinski definition) is 3. The average molecular weight is 269 g/mol. The van der Waals surface area contributed by atoms with Gasteiger partial charge in [-0.3, -0.25) is 16.3 Å². The van der Waals surface area contributed by atoms with E-state index >= 15 is 0 Å². The molecule has 0 spiro atoms. The molecular formula is C17H23N3. The molecule has 1 aromatic carbocycles. The zero-order chi connectivity index (χ0) is 13.9. The Balaban J connectivity index is 1.87. The first-order valence-corrected chi connectivity index (χ1v) is 7.58. The van der Waals surface area contributed by atoms with Crippen molar-refractivity contribution in [3.8, 4) is 0 Å². The topological polar surface area (TPSA) is 50.9 Å². The summed E-state index contributed by atoms with van der Waals surface area (Å²) < 4.78 is 0. The molecule has 1 saturated carbocycles. The molecule has 2 aromatic rings. The molecule has 0 amide bonds. The van der Waals surface area contributed by atoms with Gasteiger partial charge in [0.1, 0.15) is 0 Å². The van der Waals surface area contributed by atoms with Crippen molar-refractivity contribution < 1.29 is 0 Å². The Morgan fingerprint density at radius 2 is 2.00 bits per heavy atom. The molecule has 0 aliphatic heterocycles. The Labute approximate surface area is 120 Å². The van der Waals surface area contributed by atoms with Crippen molar-refractivity contribution in [1.82, 2.24) is 10.4 Å². The van der Waals surface area contributed by atoms with Crippen LogP contribution in [0.25, 0.3) is 10.9 Å². The van der Waals surface area contributed by atoms with Crippen LogP contribution in [0.2, 0.25) is 0 Å². The highest BCUT2D eigenvalue weighted by Gasteiger charge is 2.26.